The number of hydrogen-bond acceptors (Lipinski definition) is 7. The molecule has 0 amide bonds. The van der Waals surface area contributed by atoms with E-state index in [4.69, 9.17) is 10.2 Å². The Hall–Kier alpha value is -1.45. The van der Waals surface area contributed by atoms with Crippen LogP contribution in [0.25, 0.3) is 21.9 Å². The molecule has 0 unspecified atom stereocenters. The second-order valence-electron chi connectivity index (χ2n) is 6.01. The topological polar surface area (TPSA) is 83.8 Å². The van der Waals surface area contributed by atoms with Crippen LogP contribution in [0, 0.1) is 0 Å². The molecule has 0 saturated heterocycles. The Morgan fingerprint density at radius 2 is 1.52 bits per heavy atom. The minimum atomic E-state index is -1.15. The van der Waals surface area contributed by atoms with Gasteiger partial charge >= 0.3 is 29.6 Å². The maximum Gasteiger partial charge on any atom is 1.00 e. The van der Waals surface area contributed by atoms with Crippen molar-refractivity contribution in [1.82, 2.24) is 0 Å². The zero-order valence-electron chi connectivity index (χ0n) is 16.1. The molecule has 0 bridgehead atoms. The predicted octanol–water partition coefficient (Wildman–Crippen LogP) is -0.195. The van der Waals surface area contributed by atoms with Gasteiger partial charge in [-0.2, -0.15) is 0 Å². The normalized spacial score (nSPS) is 10.8. The van der Waals surface area contributed by atoms with Crippen LogP contribution in [0.3, 0.4) is 0 Å². The second kappa shape index (κ2) is 11.7. The summed E-state index contributed by atoms with van der Waals surface area (Å²) in [4.78, 5) is 16.1. The van der Waals surface area contributed by atoms with Crippen molar-refractivity contribution in [1.29, 1.82) is 0 Å². The predicted molar refractivity (Wildman–Crippen MR) is 114 cm³/mol. The molecule has 8 heteroatoms. The Labute approximate surface area is 199 Å². The molecule has 0 saturated carbocycles. The molecule has 0 fully saturated rings. The summed E-state index contributed by atoms with van der Waals surface area (Å²) >= 11 is 2.82. The first-order valence-electron chi connectivity index (χ1n) is 8.77. The minimum Gasteiger partial charge on any atom is -0.544 e. The number of nitrogens with zero attached hydrogens (tertiary/aromatic N) is 1. The van der Waals surface area contributed by atoms with Gasteiger partial charge in [0.05, 0.1) is 24.1 Å². The van der Waals surface area contributed by atoms with Gasteiger partial charge in [0.2, 0.25) is 0 Å². The summed E-state index contributed by atoms with van der Waals surface area (Å²) < 4.78 is 0. The van der Waals surface area contributed by atoms with Crippen LogP contribution in [-0.2, 0) is 0 Å². The molecule has 29 heavy (non-hydrogen) atoms. The van der Waals surface area contributed by atoms with Crippen molar-refractivity contribution in [3.8, 4) is 9.75 Å². The number of aliphatic hydroxyl groups is 2. The number of carboxylic acid groups (broad SMARTS) is 1. The zero-order valence-corrected chi connectivity index (χ0v) is 19.7. The van der Waals surface area contributed by atoms with E-state index in [1.54, 1.807) is 23.5 Å². The molecule has 0 radical (unpaired) electrons. The Morgan fingerprint density at radius 3 is 2.10 bits per heavy atom. The fourth-order valence-corrected chi connectivity index (χ4v) is 4.58. The number of hydrogen-bond donors (Lipinski definition) is 2. The number of thiophene rings is 2. The van der Waals surface area contributed by atoms with Crippen LogP contribution in [-0.4, -0.2) is 42.5 Å². The molecule has 5 nitrogen and oxygen atoms in total. The number of carbonyl (C=O) groups excluding carboxylic acids is 1. The molecule has 0 spiro atoms. The smallest absolute Gasteiger partial charge is 0.544 e. The first kappa shape index (κ1) is 23.8. The van der Waals surface area contributed by atoms with Crippen molar-refractivity contribution in [3.63, 3.8) is 0 Å². The maximum absolute atomic E-state index is 10.9. The van der Waals surface area contributed by atoms with Gasteiger partial charge in [-0.1, -0.05) is 18.2 Å². The quantitative estimate of drug-likeness (QED) is 0.454. The number of carboxylic acids is 1. The number of aromatic carboxylic acids is 1. The molecule has 0 aliphatic heterocycles. The fourth-order valence-electron chi connectivity index (χ4n) is 2.74. The van der Waals surface area contributed by atoms with E-state index in [9.17, 15) is 9.90 Å². The first-order chi connectivity index (χ1) is 13.6. The largest absolute Gasteiger partial charge is 1.00 e. The summed E-state index contributed by atoms with van der Waals surface area (Å²) in [6, 6.07) is 15.3. The van der Waals surface area contributed by atoms with Crippen molar-refractivity contribution >= 4 is 46.5 Å². The molecular weight excluding hydrogens is 417 g/mol. The average Bonchev–Trinajstić information content (AvgIpc) is 3.36. The van der Waals surface area contributed by atoms with E-state index in [1.165, 1.54) is 11.3 Å². The molecule has 3 rings (SSSR count). The Balaban J connectivity index is 0.00000300. The number of benzene rings is 1. The van der Waals surface area contributed by atoms with E-state index in [0.717, 1.165) is 25.9 Å². The van der Waals surface area contributed by atoms with Crippen LogP contribution in [0.1, 0.15) is 20.1 Å². The van der Waals surface area contributed by atoms with Crippen LogP contribution >= 0.6 is 22.7 Å². The van der Waals surface area contributed by atoms with Gasteiger partial charge in [-0.25, -0.2) is 0 Å². The summed E-state index contributed by atoms with van der Waals surface area (Å²) in [7, 11) is 0. The number of anilines is 1. The van der Waals surface area contributed by atoms with Crippen molar-refractivity contribution in [2.24, 2.45) is 0 Å². The van der Waals surface area contributed by atoms with Gasteiger partial charge in [0.1, 0.15) is 0 Å². The Bertz CT molecular complexity index is 944. The Kier molecular flexibility index (Phi) is 9.58. The molecule has 2 aromatic heterocycles. The van der Waals surface area contributed by atoms with Crippen molar-refractivity contribution < 1.29 is 49.7 Å². The van der Waals surface area contributed by atoms with Crippen LogP contribution < -0.4 is 39.6 Å². The zero-order chi connectivity index (χ0) is 19.9. The summed E-state index contributed by atoms with van der Waals surface area (Å²) in [6.45, 7) is 1.04. The standard InChI is InChI=1S/C21H21NO4S2.Na/c23-13-11-22(12-14-24)16-4-1-15(2-5-16)3-6-17-7-8-18(27-17)19-9-10-20(28-19)21(25)26;/h1-10,23-24H,11-14H2,(H,25,26);/q;+1/p-1/b6-3+;. The molecule has 2 heterocycles. The van der Waals surface area contributed by atoms with E-state index in [2.05, 4.69) is 0 Å². The van der Waals surface area contributed by atoms with E-state index in [1.807, 2.05) is 53.5 Å². The van der Waals surface area contributed by atoms with Crippen molar-refractivity contribution in [2.75, 3.05) is 31.2 Å². The molecular formula is C21H20NNaO4S2. The van der Waals surface area contributed by atoms with Gasteiger partial charge < -0.3 is 25.0 Å². The van der Waals surface area contributed by atoms with E-state index >= 15 is 0 Å². The number of carbonyl (C=O) groups is 1. The van der Waals surface area contributed by atoms with Gasteiger partial charge in [0.15, 0.2) is 0 Å². The number of rotatable bonds is 9. The monoisotopic (exact) mass is 437 g/mol. The summed E-state index contributed by atoms with van der Waals surface area (Å²) in [5.74, 6) is -1.15. The average molecular weight is 438 g/mol. The summed E-state index contributed by atoms with van der Waals surface area (Å²) in [5, 5.41) is 29.2. The van der Waals surface area contributed by atoms with Gasteiger partial charge in [0.25, 0.3) is 0 Å². The van der Waals surface area contributed by atoms with E-state index < -0.39 is 5.97 Å². The third-order valence-electron chi connectivity index (χ3n) is 4.11. The molecule has 3 aromatic rings. The van der Waals surface area contributed by atoms with Crippen LogP contribution in [0.4, 0.5) is 5.69 Å². The molecule has 0 aliphatic rings. The molecule has 2 N–H and O–H groups in total. The third kappa shape index (κ3) is 6.52. The van der Waals surface area contributed by atoms with Gasteiger partial charge in [-0.05, 0) is 48.0 Å². The SMILES string of the molecule is O=C([O-])c1ccc(-c2ccc(/C=C/c3ccc(N(CCO)CCO)cc3)s2)s1.[Na+]. The van der Waals surface area contributed by atoms with E-state index in [0.29, 0.717) is 13.1 Å². The van der Waals surface area contributed by atoms with Crippen LogP contribution in [0.5, 0.6) is 0 Å². The van der Waals surface area contributed by atoms with Gasteiger partial charge in [-0.15, -0.1) is 22.7 Å². The summed E-state index contributed by atoms with van der Waals surface area (Å²) in [6.07, 6.45) is 4.04. The minimum absolute atomic E-state index is 0. The maximum atomic E-state index is 10.9. The Morgan fingerprint density at radius 1 is 0.897 bits per heavy atom. The van der Waals surface area contributed by atoms with Gasteiger partial charge in [-0.3, -0.25) is 0 Å². The van der Waals surface area contributed by atoms with Crippen molar-refractivity contribution in [2.45, 2.75) is 0 Å². The molecule has 146 valence electrons. The van der Waals surface area contributed by atoms with Crippen molar-refractivity contribution in [3.05, 3.63) is 63.8 Å². The summed E-state index contributed by atoms with van der Waals surface area (Å²) in [5.41, 5.74) is 2.00. The van der Waals surface area contributed by atoms with E-state index in [-0.39, 0.29) is 47.6 Å². The molecule has 0 aliphatic carbocycles. The molecule has 1 aromatic carbocycles. The molecule has 0 atom stereocenters. The second-order valence-corrected chi connectivity index (χ2v) is 8.21. The number of aliphatic hydroxyl groups excluding tert-OH is 2. The first-order valence-corrected chi connectivity index (χ1v) is 10.4. The third-order valence-corrected chi connectivity index (χ3v) is 6.43. The van der Waals surface area contributed by atoms with Crippen LogP contribution in [0.2, 0.25) is 0 Å². The fraction of sp³-hybridized carbons (Fsp3) is 0.190. The van der Waals surface area contributed by atoms with Crippen LogP contribution in [0.15, 0.2) is 48.5 Å². The van der Waals surface area contributed by atoms with Gasteiger partial charge in [0, 0.05) is 33.4 Å².